The van der Waals surface area contributed by atoms with Gasteiger partial charge in [0.05, 0.1) is 18.5 Å². The van der Waals surface area contributed by atoms with Gasteiger partial charge in [0.15, 0.2) is 0 Å². The zero-order valence-electron chi connectivity index (χ0n) is 7.16. The van der Waals surface area contributed by atoms with E-state index in [4.69, 9.17) is 9.84 Å². The Morgan fingerprint density at radius 2 is 2.18 bits per heavy atom. The van der Waals surface area contributed by atoms with Gasteiger partial charge in [0, 0.05) is 6.42 Å². The van der Waals surface area contributed by atoms with Crippen molar-refractivity contribution in [2.45, 2.75) is 32.5 Å². The van der Waals surface area contributed by atoms with E-state index in [1.165, 1.54) is 0 Å². The van der Waals surface area contributed by atoms with Gasteiger partial charge in [0.25, 0.3) is 0 Å². The lowest BCUT2D eigenvalue weighted by atomic mass is 10.2. The SMILES string of the molecule is C=C/C=C/OC(C)CC(C)O. The van der Waals surface area contributed by atoms with Gasteiger partial charge in [-0.15, -0.1) is 0 Å². The first-order chi connectivity index (χ1) is 5.16. The first-order valence-corrected chi connectivity index (χ1v) is 3.78. The molecule has 0 rings (SSSR count). The number of allylic oxidation sites excluding steroid dienone is 2. The molecule has 1 N–H and O–H groups in total. The van der Waals surface area contributed by atoms with E-state index in [9.17, 15) is 0 Å². The molecule has 0 fully saturated rings. The smallest absolute Gasteiger partial charge is 0.0974 e. The molecule has 0 saturated carbocycles. The Labute approximate surface area is 68.2 Å². The highest BCUT2D eigenvalue weighted by Crippen LogP contribution is 2.01. The summed E-state index contributed by atoms with van der Waals surface area (Å²) in [5, 5.41) is 8.96. The summed E-state index contributed by atoms with van der Waals surface area (Å²) in [6, 6.07) is 0. The fourth-order valence-corrected chi connectivity index (χ4v) is 0.771. The summed E-state index contributed by atoms with van der Waals surface area (Å²) in [5.74, 6) is 0. The summed E-state index contributed by atoms with van der Waals surface area (Å²) >= 11 is 0. The largest absolute Gasteiger partial charge is 0.498 e. The molecule has 0 amide bonds. The van der Waals surface area contributed by atoms with Gasteiger partial charge >= 0.3 is 0 Å². The summed E-state index contributed by atoms with van der Waals surface area (Å²) in [4.78, 5) is 0. The zero-order valence-corrected chi connectivity index (χ0v) is 7.16. The summed E-state index contributed by atoms with van der Waals surface area (Å²) < 4.78 is 5.18. The molecule has 0 saturated heterocycles. The van der Waals surface area contributed by atoms with Gasteiger partial charge in [-0.25, -0.2) is 0 Å². The molecule has 0 aromatic heterocycles. The molecule has 2 atom stereocenters. The number of hydrogen-bond acceptors (Lipinski definition) is 2. The van der Waals surface area contributed by atoms with Crippen molar-refractivity contribution >= 4 is 0 Å². The van der Waals surface area contributed by atoms with E-state index in [1.807, 2.05) is 6.92 Å². The maximum Gasteiger partial charge on any atom is 0.0974 e. The average Bonchev–Trinajstić information content (AvgIpc) is 1.86. The molecular weight excluding hydrogens is 140 g/mol. The van der Waals surface area contributed by atoms with Crippen LogP contribution in [0.25, 0.3) is 0 Å². The fourth-order valence-electron chi connectivity index (χ4n) is 0.771. The van der Waals surface area contributed by atoms with Crippen LogP contribution in [-0.2, 0) is 4.74 Å². The van der Waals surface area contributed by atoms with E-state index >= 15 is 0 Å². The first-order valence-electron chi connectivity index (χ1n) is 3.78. The predicted octanol–water partition coefficient (Wildman–Crippen LogP) is 1.86. The second-order valence-corrected chi connectivity index (χ2v) is 2.60. The quantitative estimate of drug-likeness (QED) is 0.486. The van der Waals surface area contributed by atoms with Gasteiger partial charge in [-0.2, -0.15) is 0 Å². The second-order valence-electron chi connectivity index (χ2n) is 2.60. The van der Waals surface area contributed by atoms with Gasteiger partial charge in [-0.1, -0.05) is 12.7 Å². The molecule has 0 radical (unpaired) electrons. The van der Waals surface area contributed by atoms with Crippen molar-refractivity contribution in [3.63, 3.8) is 0 Å². The van der Waals surface area contributed by atoms with Crippen molar-refractivity contribution in [2.75, 3.05) is 0 Å². The molecule has 0 aromatic carbocycles. The van der Waals surface area contributed by atoms with Crippen molar-refractivity contribution in [3.05, 3.63) is 25.0 Å². The van der Waals surface area contributed by atoms with Gasteiger partial charge < -0.3 is 9.84 Å². The van der Waals surface area contributed by atoms with Crippen molar-refractivity contribution in [1.29, 1.82) is 0 Å². The summed E-state index contributed by atoms with van der Waals surface area (Å²) in [5.41, 5.74) is 0. The highest BCUT2D eigenvalue weighted by molar-refractivity contribution is 4.93. The van der Waals surface area contributed by atoms with E-state index in [2.05, 4.69) is 6.58 Å². The molecule has 0 aromatic rings. The third-order valence-corrected chi connectivity index (χ3v) is 1.20. The summed E-state index contributed by atoms with van der Waals surface area (Å²) in [7, 11) is 0. The van der Waals surface area contributed by atoms with Crippen LogP contribution in [0.1, 0.15) is 20.3 Å². The van der Waals surface area contributed by atoms with Crippen LogP contribution in [0.5, 0.6) is 0 Å². The Bertz CT molecular complexity index is 128. The van der Waals surface area contributed by atoms with E-state index in [-0.39, 0.29) is 12.2 Å². The molecule has 0 aliphatic carbocycles. The lowest BCUT2D eigenvalue weighted by molar-refractivity contribution is 0.0879. The highest BCUT2D eigenvalue weighted by atomic mass is 16.5. The molecule has 64 valence electrons. The van der Waals surface area contributed by atoms with Crippen molar-refractivity contribution < 1.29 is 9.84 Å². The topological polar surface area (TPSA) is 29.5 Å². The van der Waals surface area contributed by atoms with Crippen LogP contribution < -0.4 is 0 Å². The molecule has 11 heavy (non-hydrogen) atoms. The van der Waals surface area contributed by atoms with Crippen LogP contribution in [0.15, 0.2) is 25.0 Å². The molecule has 0 aliphatic heterocycles. The van der Waals surface area contributed by atoms with E-state index in [0.29, 0.717) is 6.42 Å². The fraction of sp³-hybridized carbons (Fsp3) is 0.556. The summed E-state index contributed by atoms with van der Waals surface area (Å²) in [6.07, 6.45) is 5.36. The Morgan fingerprint density at radius 3 is 2.64 bits per heavy atom. The third kappa shape index (κ3) is 7.13. The minimum absolute atomic E-state index is 0.0613. The number of aliphatic hydroxyl groups excluding tert-OH is 1. The van der Waals surface area contributed by atoms with Crippen LogP contribution in [0.3, 0.4) is 0 Å². The number of aliphatic hydroxyl groups is 1. The molecule has 0 heterocycles. The highest BCUT2D eigenvalue weighted by Gasteiger charge is 2.03. The molecule has 2 unspecified atom stereocenters. The molecule has 0 bridgehead atoms. The van der Waals surface area contributed by atoms with Gasteiger partial charge in [0.2, 0.25) is 0 Å². The van der Waals surface area contributed by atoms with E-state index < -0.39 is 0 Å². The monoisotopic (exact) mass is 156 g/mol. The van der Waals surface area contributed by atoms with Crippen LogP contribution in [0, 0.1) is 0 Å². The predicted molar refractivity (Wildman–Crippen MR) is 46.2 cm³/mol. The van der Waals surface area contributed by atoms with Crippen LogP contribution in [-0.4, -0.2) is 17.3 Å². The van der Waals surface area contributed by atoms with Gasteiger partial charge in [-0.3, -0.25) is 0 Å². The van der Waals surface area contributed by atoms with Gasteiger partial charge in [0.1, 0.15) is 0 Å². The van der Waals surface area contributed by atoms with Crippen LogP contribution >= 0.6 is 0 Å². The Morgan fingerprint density at radius 1 is 1.55 bits per heavy atom. The summed E-state index contributed by atoms with van der Waals surface area (Å²) in [6.45, 7) is 7.17. The molecule has 0 aliphatic rings. The Balaban J connectivity index is 3.43. The Hall–Kier alpha value is -0.760. The lowest BCUT2D eigenvalue weighted by Gasteiger charge is -2.12. The van der Waals surface area contributed by atoms with Gasteiger partial charge in [-0.05, 0) is 19.9 Å². The number of hydrogen-bond donors (Lipinski definition) is 1. The number of rotatable bonds is 5. The minimum atomic E-state index is -0.304. The zero-order chi connectivity index (χ0) is 8.69. The molecular formula is C9H16O2. The van der Waals surface area contributed by atoms with E-state index in [1.54, 1.807) is 25.3 Å². The minimum Gasteiger partial charge on any atom is -0.498 e. The van der Waals surface area contributed by atoms with Crippen molar-refractivity contribution in [2.24, 2.45) is 0 Å². The standard InChI is InChI=1S/C9H16O2/c1-4-5-6-11-9(3)7-8(2)10/h4-6,8-10H,1,7H2,2-3H3/b6-5+. The normalized spacial score (nSPS) is 16.3. The average molecular weight is 156 g/mol. The second kappa shape index (κ2) is 5.98. The van der Waals surface area contributed by atoms with Crippen LogP contribution in [0.2, 0.25) is 0 Å². The maximum absolute atomic E-state index is 8.96. The van der Waals surface area contributed by atoms with Crippen molar-refractivity contribution in [1.82, 2.24) is 0 Å². The molecule has 2 nitrogen and oxygen atoms in total. The van der Waals surface area contributed by atoms with E-state index in [0.717, 1.165) is 0 Å². The molecule has 2 heteroatoms. The maximum atomic E-state index is 8.96. The first kappa shape index (κ1) is 10.2. The van der Waals surface area contributed by atoms with Crippen molar-refractivity contribution in [3.8, 4) is 0 Å². The number of ether oxygens (including phenoxy) is 1. The van der Waals surface area contributed by atoms with Crippen LogP contribution in [0.4, 0.5) is 0 Å². The Kier molecular flexibility index (Phi) is 5.57. The lowest BCUT2D eigenvalue weighted by Crippen LogP contribution is -2.12. The molecule has 0 spiro atoms. The third-order valence-electron chi connectivity index (χ3n) is 1.20.